The molecule has 30 heavy (non-hydrogen) atoms. The third-order valence-electron chi connectivity index (χ3n) is 4.63. The van der Waals surface area contributed by atoms with Gasteiger partial charge in [-0.25, -0.2) is 9.67 Å². The van der Waals surface area contributed by atoms with Gasteiger partial charge in [-0.2, -0.15) is 14.9 Å². The van der Waals surface area contributed by atoms with Gasteiger partial charge in [0.15, 0.2) is 5.82 Å². The smallest absolute Gasteiger partial charge is 0.230 e. The Morgan fingerprint density at radius 1 is 1.07 bits per heavy atom. The molecule has 1 amide bonds. The molecule has 1 N–H and O–H groups in total. The highest BCUT2D eigenvalue weighted by Crippen LogP contribution is 2.25. The monoisotopic (exact) mass is 400 g/mol. The fourth-order valence-corrected chi connectivity index (χ4v) is 3.04. The molecule has 7 heteroatoms. The molecule has 7 nitrogen and oxygen atoms in total. The molecule has 4 aromatic rings. The number of aromatic nitrogens is 5. The first-order valence-corrected chi connectivity index (χ1v) is 9.81. The largest absolute Gasteiger partial charge is 0.310 e. The van der Waals surface area contributed by atoms with Gasteiger partial charge in [-0.3, -0.25) is 4.79 Å². The van der Waals surface area contributed by atoms with Gasteiger partial charge in [0, 0.05) is 23.9 Å². The van der Waals surface area contributed by atoms with Crippen LogP contribution in [0.5, 0.6) is 0 Å². The Bertz CT molecular complexity index is 1140. The van der Waals surface area contributed by atoms with Crippen LogP contribution < -0.4 is 5.32 Å². The molecule has 0 atom stereocenters. The van der Waals surface area contributed by atoms with Crippen LogP contribution in [-0.4, -0.2) is 30.5 Å². The van der Waals surface area contributed by atoms with Crippen LogP contribution in [0.25, 0.3) is 11.5 Å². The first kappa shape index (κ1) is 19.6. The molecule has 0 aliphatic carbocycles. The summed E-state index contributed by atoms with van der Waals surface area (Å²) in [5, 5.41) is 12.0. The molecule has 4 rings (SSSR count). The lowest BCUT2D eigenvalue weighted by Gasteiger charge is -2.13. The summed E-state index contributed by atoms with van der Waals surface area (Å²) in [7, 11) is 0. The number of nitrogens with zero attached hydrogens (tertiary/aromatic N) is 5. The van der Waals surface area contributed by atoms with E-state index in [0.29, 0.717) is 11.6 Å². The van der Waals surface area contributed by atoms with E-state index in [4.69, 9.17) is 0 Å². The number of para-hydroxylation sites is 1. The van der Waals surface area contributed by atoms with Gasteiger partial charge in [0.25, 0.3) is 0 Å². The molecule has 0 aliphatic heterocycles. The SMILES string of the molecule is CC(C)(C)c1cc(NC(=O)Cc2cnn(-c3ccccc3)c2)n(-c2ccccn2)n1. The van der Waals surface area contributed by atoms with Crippen LogP contribution in [0.15, 0.2) is 73.2 Å². The number of anilines is 1. The van der Waals surface area contributed by atoms with Gasteiger partial charge in [-0.05, 0) is 29.8 Å². The zero-order chi connectivity index (χ0) is 21.1. The molecule has 152 valence electrons. The molecular weight excluding hydrogens is 376 g/mol. The lowest BCUT2D eigenvalue weighted by atomic mass is 9.92. The lowest BCUT2D eigenvalue weighted by molar-refractivity contribution is -0.115. The highest BCUT2D eigenvalue weighted by atomic mass is 16.1. The Morgan fingerprint density at radius 3 is 2.53 bits per heavy atom. The van der Waals surface area contributed by atoms with Gasteiger partial charge in [-0.1, -0.05) is 45.0 Å². The van der Waals surface area contributed by atoms with Crippen molar-refractivity contribution in [3.63, 3.8) is 0 Å². The van der Waals surface area contributed by atoms with E-state index >= 15 is 0 Å². The Balaban J connectivity index is 1.55. The normalized spacial score (nSPS) is 11.4. The van der Waals surface area contributed by atoms with E-state index in [9.17, 15) is 4.79 Å². The zero-order valence-corrected chi connectivity index (χ0v) is 17.3. The summed E-state index contributed by atoms with van der Waals surface area (Å²) in [4.78, 5) is 17.1. The van der Waals surface area contributed by atoms with E-state index in [2.05, 4.69) is 41.3 Å². The summed E-state index contributed by atoms with van der Waals surface area (Å²) in [6.07, 6.45) is 5.50. The average Bonchev–Trinajstić information content (AvgIpc) is 3.36. The number of nitrogens with one attached hydrogen (secondary N) is 1. The number of hydrogen-bond acceptors (Lipinski definition) is 4. The third kappa shape index (κ3) is 4.30. The minimum Gasteiger partial charge on any atom is -0.310 e. The summed E-state index contributed by atoms with van der Waals surface area (Å²) < 4.78 is 3.43. The minimum atomic E-state index is -0.156. The van der Waals surface area contributed by atoms with Crippen molar-refractivity contribution in [2.75, 3.05) is 5.32 Å². The zero-order valence-electron chi connectivity index (χ0n) is 17.3. The number of benzene rings is 1. The predicted octanol–water partition coefficient (Wildman–Crippen LogP) is 3.93. The molecule has 3 aromatic heterocycles. The van der Waals surface area contributed by atoms with Gasteiger partial charge in [-0.15, -0.1) is 0 Å². The average molecular weight is 400 g/mol. The molecule has 0 saturated carbocycles. The molecule has 0 bridgehead atoms. The van der Waals surface area contributed by atoms with Gasteiger partial charge in [0.2, 0.25) is 5.91 Å². The third-order valence-corrected chi connectivity index (χ3v) is 4.63. The Kier molecular flexibility index (Phi) is 5.18. The van der Waals surface area contributed by atoms with Gasteiger partial charge in [0.1, 0.15) is 5.82 Å². The number of carbonyl (C=O) groups is 1. The Morgan fingerprint density at radius 2 is 1.83 bits per heavy atom. The summed E-state index contributed by atoms with van der Waals surface area (Å²) in [6, 6.07) is 17.3. The van der Waals surface area contributed by atoms with E-state index in [0.717, 1.165) is 16.9 Å². The van der Waals surface area contributed by atoms with Crippen LogP contribution in [0.4, 0.5) is 5.82 Å². The van der Waals surface area contributed by atoms with Crippen molar-refractivity contribution in [2.45, 2.75) is 32.6 Å². The standard InChI is InChI=1S/C23H24N6O/c1-23(2,3)19-14-21(29(27-19)20-11-7-8-12-24-20)26-22(30)13-17-15-25-28(16-17)18-9-5-4-6-10-18/h4-12,14-16H,13H2,1-3H3,(H,26,30). The fraction of sp³-hybridized carbons (Fsp3) is 0.217. The van der Waals surface area contributed by atoms with Crippen LogP contribution in [-0.2, 0) is 16.6 Å². The first-order chi connectivity index (χ1) is 14.4. The van der Waals surface area contributed by atoms with Crippen molar-refractivity contribution in [3.8, 4) is 11.5 Å². The van der Waals surface area contributed by atoms with E-state index in [1.165, 1.54) is 0 Å². The van der Waals surface area contributed by atoms with Crippen molar-refractivity contribution in [1.82, 2.24) is 24.5 Å². The molecule has 0 saturated heterocycles. The summed E-state index contributed by atoms with van der Waals surface area (Å²) in [6.45, 7) is 6.25. The molecule has 1 aromatic carbocycles. The second-order valence-electron chi connectivity index (χ2n) is 8.12. The number of pyridine rings is 1. The Hall–Kier alpha value is -3.74. The molecule has 3 heterocycles. The molecular formula is C23H24N6O. The quantitative estimate of drug-likeness (QED) is 0.551. The molecule has 0 aliphatic rings. The van der Waals surface area contributed by atoms with Crippen LogP contribution in [0.1, 0.15) is 32.0 Å². The summed E-state index contributed by atoms with van der Waals surface area (Å²) in [5.41, 5.74) is 2.50. The number of rotatable bonds is 5. The second-order valence-corrected chi connectivity index (χ2v) is 8.12. The number of carbonyl (C=O) groups excluding carboxylic acids is 1. The highest BCUT2D eigenvalue weighted by Gasteiger charge is 2.22. The van der Waals surface area contributed by atoms with Crippen LogP contribution in [0.2, 0.25) is 0 Å². The second kappa shape index (κ2) is 7.94. The van der Waals surface area contributed by atoms with Gasteiger partial charge >= 0.3 is 0 Å². The van der Waals surface area contributed by atoms with E-state index in [1.54, 1.807) is 21.8 Å². The van der Waals surface area contributed by atoms with Gasteiger partial charge in [0.05, 0.1) is 24.0 Å². The van der Waals surface area contributed by atoms with Crippen molar-refractivity contribution in [1.29, 1.82) is 0 Å². The van der Waals surface area contributed by atoms with E-state index in [1.807, 2.05) is 60.8 Å². The van der Waals surface area contributed by atoms with Crippen LogP contribution >= 0.6 is 0 Å². The maximum Gasteiger partial charge on any atom is 0.230 e. The van der Waals surface area contributed by atoms with E-state index in [-0.39, 0.29) is 17.7 Å². The topological polar surface area (TPSA) is 77.6 Å². The predicted molar refractivity (Wildman–Crippen MR) is 116 cm³/mol. The summed E-state index contributed by atoms with van der Waals surface area (Å²) in [5.74, 6) is 1.11. The van der Waals surface area contributed by atoms with Crippen molar-refractivity contribution < 1.29 is 4.79 Å². The molecule has 0 spiro atoms. The maximum absolute atomic E-state index is 12.8. The maximum atomic E-state index is 12.8. The molecule has 0 unspecified atom stereocenters. The lowest BCUT2D eigenvalue weighted by Crippen LogP contribution is -2.17. The van der Waals surface area contributed by atoms with Crippen molar-refractivity contribution >= 4 is 11.7 Å². The molecule has 0 fully saturated rings. The Labute approximate surface area is 175 Å². The fourth-order valence-electron chi connectivity index (χ4n) is 3.04. The van der Waals surface area contributed by atoms with Crippen molar-refractivity contribution in [3.05, 3.63) is 84.4 Å². The summed E-state index contributed by atoms with van der Waals surface area (Å²) >= 11 is 0. The highest BCUT2D eigenvalue weighted by molar-refractivity contribution is 5.91. The van der Waals surface area contributed by atoms with Gasteiger partial charge < -0.3 is 5.32 Å². The number of amides is 1. The molecule has 0 radical (unpaired) electrons. The van der Waals surface area contributed by atoms with E-state index < -0.39 is 0 Å². The first-order valence-electron chi connectivity index (χ1n) is 9.81. The van der Waals surface area contributed by atoms with Crippen molar-refractivity contribution in [2.24, 2.45) is 0 Å². The minimum absolute atomic E-state index is 0.139. The van der Waals surface area contributed by atoms with Crippen LogP contribution in [0, 0.1) is 0 Å². The van der Waals surface area contributed by atoms with Crippen LogP contribution in [0.3, 0.4) is 0 Å². The number of hydrogen-bond donors (Lipinski definition) is 1.